The molecule has 0 spiro atoms. The van der Waals surface area contributed by atoms with Gasteiger partial charge in [-0.1, -0.05) is 0 Å². The van der Waals surface area contributed by atoms with E-state index in [0.717, 1.165) is 0 Å². The normalized spacial score (nSPS) is 18.7. The molecule has 0 aromatic carbocycles. The average molecular weight is 378 g/mol. The number of ether oxygens (including phenoxy) is 2. The van der Waals surface area contributed by atoms with E-state index in [-0.39, 0.29) is 0 Å². The van der Waals surface area contributed by atoms with Crippen molar-refractivity contribution in [3.8, 4) is 0 Å². The first-order chi connectivity index (χ1) is 9.87. The highest BCUT2D eigenvalue weighted by Gasteiger charge is 2.76. The molecule has 0 saturated carbocycles. The van der Waals surface area contributed by atoms with Crippen LogP contribution < -0.4 is 0 Å². The van der Waals surface area contributed by atoms with Gasteiger partial charge in [-0.3, -0.25) is 0 Å². The highest BCUT2D eigenvalue weighted by Crippen LogP contribution is 2.48. The first-order valence-corrected chi connectivity index (χ1v) is 5.07. The summed E-state index contributed by atoms with van der Waals surface area (Å²) in [6.45, 7) is -5.55. The lowest BCUT2D eigenvalue weighted by atomic mass is 10.2. The molecule has 140 valence electrons. The molecule has 0 aliphatic heterocycles. The Morgan fingerprint density at radius 1 is 0.783 bits per heavy atom. The van der Waals surface area contributed by atoms with Gasteiger partial charge < -0.3 is 14.6 Å². The van der Waals surface area contributed by atoms with E-state index in [4.69, 9.17) is 5.11 Å². The molecule has 0 fully saturated rings. The molecule has 0 heterocycles. The van der Waals surface area contributed by atoms with Crippen LogP contribution in [0.5, 0.6) is 0 Å². The largest absolute Gasteiger partial charge is 0.457 e. The maximum absolute atomic E-state index is 13.3. The number of hydrogen-bond acceptors (Lipinski definition) is 3. The van der Waals surface area contributed by atoms with Crippen molar-refractivity contribution in [2.24, 2.45) is 0 Å². The fourth-order valence-corrected chi connectivity index (χ4v) is 0.974. The van der Waals surface area contributed by atoms with E-state index < -0.39 is 49.8 Å². The summed E-state index contributed by atoms with van der Waals surface area (Å²) in [5, 5.41) is 8.15. The number of aliphatic hydroxyl groups is 1. The molecule has 0 aliphatic carbocycles. The molecule has 2 atom stereocenters. The molecule has 0 aliphatic rings. The first-order valence-electron chi connectivity index (χ1n) is 5.07. The molecular weight excluding hydrogens is 372 g/mol. The van der Waals surface area contributed by atoms with Crippen LogP contribution in [0.15, 0.2) is 0 Å². The van der Waals surface area contributed by atoms with Crippen LogP contribution in [0.2, 0.25) is 0 Å². The summed E-state index contributed by atoms with van der Waals surface area (Å²) in [6.07, 6.45) is -29.0. The Hall–Kier alpha value is -0.960. The lowest BCUT2D eigenvalue weighted by Crippen LogP contribution is -2.61. The van der Waals surface area contributed by atoms with E-state index in [1.165, 1.54) is 0 Å². The quantitative estimate of drug-likeness (QED) is 0.721. The number of aliphatic hydroxyl groups excluding tert-OH is 1. The lowest BCUT2D eigenvalue weighted by molar-refractivity contribution is -0.481. The zero-order valence-electron chi connectivity index (χ0n) is 10.3. The van der Waals surface area contributed by atoms with Gasteiger partial charge in [0.2, 0.25) is 0 Å². The smallest absolute Gasteiger partial charge is 0.393 e. The highest BCUT2D eigenvalue weighted by molar-refractivity contribution is 4.88. The standard InChI is InChI=1S/C8H6F12O3/c9-4(10,11)2-22-6(15,7(16,17)18)8(19,20)23-3(1-21)5(12,13)14/h3,21H,1-2H2. The summed E-state index contributed by atoms with van der Waals surface area (Å²) in [4.78, 5) is 0. The zero-order chi connectivity index (χ0) is 18.9. The SMILES string of the molecule is OCC(OC(F)(F)C(F)(OCC(F)(F)F)C(F)(F)F)C(F)(F)F. The molecule has 0 aromatic heterocycles. The highest BCUT2D eigenvalue weighted by atomic mass is 19.4. The zero-order valence-corrected chi connectivity index (χ0v) is 10.3. The second-order valence-corrected chi connectivity index (χ2v) is 3.84. The van der Waals surface area contributed by atoms with Gasteiger partial charge >= 0.3 is 30.5 Å². The van der Waals surface area contributed by atoms with E-state index in [1.807, 2.05) is 0 Å². The van der Waals surface area contributed by atoms with E-state index in [1.54, 1.807) is 0 Å². The topological polar surface area (TPSA) is 38.7 Å². The van der Waals surface area contributed by atoms with Crippen molar-refractivity contribution in [1.29, 1.82) is 0 Å². The van der Waals surface area contributed by atoms with Crippen molar-refractivity contribution in [2.45, 2.75) is 36.6 Å². The maximum atomic E-state index is 13.3. The second kappa shape index (κ2) is 6.51. The van der Waals surface area contributed by atoms with Crippen LogP contribution in [0.4, 0.5) is 52.7 Å². The fraction of sp³-hybridized carbons (Fsp3) is 1.00. The average Bonchev–Trinajstić information content (AvgIpc) is 2.28. The Morgan fingerprint density at radius 3 is 1.48 bits per heavy atom. The third kappa shape index (κ3) is 5.56. The van der Waals surface area contributed by atoms with E-state index >= 15 is 0 Å². The van der Waals surface area contributed by atoms with Gasteiger partial charge in [0.05, 0.1) is 6.61 Å². The molecule has 15 heteroatoms. The molecule has 0 bridgehead atoms. The molecule has 0 aromatic rings. The Morgan fingerprint density at radius 2 is 1.22 bits per heavy atom. The summed E-state index contributed by atoms with van der Waals surface area (Å²) in [5.41, 5.74) is 0. The molecule has 1 N–H and O–H groups in total. The summed E-state index contributed by atoms with van der Waals surface area (Å²) >= 11 is 0. The van der Waals surface area contributed by atoms with Crippen LogP contribution in [0, 0.1) is 0 Å². The summed E-state index contributed by atoms with van der Waals surface area (Å²) < 4.78 is 153. The second-order valence-electron chi connectivity index (χ2n) is 3.84. The van der Waals surface area contributed by atoms with Gasteiger partial charge in [0.25, 0.3) is 0 Å². The third-order valence-electron chi connectivity index (χ3n) is 1.99. The minimum atomic E-state index is -6.90. The van der Waals surface area contributed by atoms with Gasteiger partial charge in [-0.2, -0.15) is 52.7 Å². The van der Waals surface area contributed by atoms with Crippen molar-refractivity contribution in [1.82, 2.24) is 0 Å². The monoisotopic (exact) mass is 378 g/mol. The third-order valence-corrected chi connectivity index (χ3v) is 1.99. The molecule has 3 nitrogen and oxygen atoms in total. The Balaban J connectivity index is 5.61. The Kier molecular flexibility index (Phi) is 6.23. The van der Waals surface area contributed by atoms with Crippen LogP contribution in [0.3, 0.4) is 0 Å². The van der Waals surface area contributed by atoms with E-state index in [9.17, 15) is 52.7 Å². The number of halogens is 12. The molecule has 23 heavy (non-hydrogen) atoms. The van der Waals surface area contributed by atoms with Gasteiger partial charge in [0.1, 0.15) is 6.61 Å². The Labute approximate surface area is 118 Å². The van der Waals surface area contributed by atoms with Crippen molar-refractivity contribution in [3.63, 3.8) is 0 Å². The number of rotatable bonds is 6. The fourth-order valence-electron chi connectivity index (χ4n) is 0.974. The number of hydrogen-bond donors (Lipinski definition) is 1. The van der Waals surface area contributed by atoms with Gasteiger partial charge in [-0.25, -0.2) is 0 Å². The van der Waals surface area contributed by atoms with Crippen LogP contribution in [-0.2, 0) is 9.47 Å². The lowest BCUT2D eigenvalue weighted by Gasteiger charge is -2.35. The molecule has 0 radical (unpaired) electrons. The van der Waals surface area contributed by atoms with Crippen LogP contribution in [0.25, 0.3) is 0 Å². The van der Waals surface area contributed by atoms with Crippen LogP contribution in [0.1, 0.15) is 0 Å². The van der Waals surface area contributed by atoms with Gasteiger partial charge in [0, 0.05) is 0 Å². The number of alkyl halides is 12. The minimum absolute atomic E-state index is 2.35. The molecular formula is C8H6F12O3. The van der Waals surface area contributed by atoms with Crippen molar-refractivity contribution >= 4 is 0 Å². The van der Waals surface area contributed by atoms with Crippen LogP contribution in [-0.4, -0.2) is 54.9 Å². The summed E-state index contributed by atoms with van der Waals surface area (Å²) in [6, 6.07) is 0. The predicted octanol–water partition coefficient (Wildman–Crippen LogP) is 3.33. The van der Waals surface area contributed by atoms with Crippen LogP contribution >= 0.6 is 0 Å². The summed E-state index contributed by atoms with van der Waals surface area (Å²) in [5.74, 6) is -6.55. The molecule has 0 saturated heterocycles. The van der Waals surface area contributed by atoms with E-state index in [0.29, 0.717) is 0 Å². The molecule has 2 unspecified atom stereocenters. The van der Waals surface area contributed by atoms with Gasteiger partial charge in [0.15, 0.2) is 6.10 Å². The minimum Gasteiger partial charge on any atom is -0.393 e. The molecule has 0 amide bonds. The van der Waals surface area contributed by atoms with Crippen molar-refractivity contribution in [2.75, 3.05) is 13.2 Å². The molecule has 0 rings (SSSR count). The van der Waals surface area contributed by atoms with Crippen molar-refractivity contribution in [3.05, 3.63) is 0 Å². The summed E-state index contributed by atoms with van der Waals surface area (Å²) in [7, 11) is 0. The van der Waals surface area contributed by atoms with Gasteiger partial charge in [-0.15, -0.1) is 0 Å². The van der Waals surface area contributed by atoms with Gasteiger partial charge in [-0.05, 0) is 0 Å². The maximum Gasteiger partial charge on any atom is 0.457 e. The van der Waals surface area contributed by atoms with Crippen molar-refractivity contribution < 1.29 is 67.3 Å². The Bertz CT molecular complexity index is 385. The van der Waals surface area contributed by atoms with E-state index in [2.05, 4.69) is 9.47 Å². The predicted molar refractivity (Wildman–Crippen MR) is 44.9 cm³/mol. The first kappa shape index (κ1) is 22.0.